The fourth-order valence-corrected chi connectivity index (χ4v) is 2.95. The van der Waals surface area contributed by atoms with Gasteiger partial charge in [0.25, 0.3) is 0 Å². The molecular formula is C21H25N3. The molecule has 2 aromatic heterocycles. The van der Waals surface area contributed by atoms with Crippen LogP contribution in [0.25, 0.3) is 10.8 Å². The Balaban J connectivity index is 1.82. The van der Waals surface area contributed by atoms with Gasteiger partial charge < -0.3 is 4.90 Å². The van der Waals surface area contributed by atoms with E-state index in [0.29, 0.717) is 0 Å². The van der Waals surface area contributed by atoms with Crippen LogP contribution in [0.2, 0.25) is 0 Å². The van der Waals surface area contributed by atoms with Crippen molar-refractivity contribution >= 4 is 22.4 Å². The zero-order valence-electron chi connectivity index (χ0n) is 14.4. The van der Waals surface area contributed by atoms with Gasteiger partial charge >= 0.3 is 0 Å². The molecule has 0 N–H and O–H groups in total. The van der Waals surface area contributed by atoms with Gasteiger partial charge in [-0.15, -0.1) is 0 Å². The number of benzene rings is 1. The van der Waals surface area contributed by atoms with Crippen molar-refractivity contribution in [2.45, 2.75) is 39.0 Å². The molecular weight excluding hydrogens is 294 g/mol. The van der Waals surface area contributed by atoms with Crippen LogP contribution >= 0.6 is 0 Å². The number of unbranched alkanes of at least 4 members (excludes halogenated alkanes) is 4. The van der Waals surface area contributed by atoms with Crippen molar-refractivity contribution in [3.8, 4) is 0 Å². The summed E-state index contributed by atoms with van der Waals surface area (Å²) in [5, 5.41) is 2.39. The van der Waals surface area contributed by atoms with E-state index in [1.807, 2.05) is 30.6 Å². The van der Waals surface area contributed by atoms with Gasteiger partial charge in [-0.2, -0.15) is 0 Å². The minimum atomic E-state index is 0.950. The number of aromatic nitrogens is 2. The van der Waals surface area contributed by atoms with Crippen molar-refractivity contribution in [2.24, 2.45) is 0 Å². The molecule has 0 aliphatic heterocycles. The van der Waals surface area contributed by atoms with E-state index < -0.39 is 0 Å². The molecule has 0 fully saturated rings. The SMILES string of the molecule is CCCCCCCN(c1ccccn1)c1cc2ccccc2cn1. The molecule has 24 heavy (non-hydrogen) atoms. The van der Waals surface area contributed by atoms with Gasteiger partial charge in [-0.25, -0.2) is 9.97 Å². The van der Waals surface area contributed by atoms with Gasteiger partial charge in [0, 0.05) is 24.3 Å². The number of nitrogens with zero attached hydrogens (tertiary/aromatic N) is 3. The minimum absolute atomic E-state index is 0.950. The van der Waals surface area contributed by atoms with E-state index in [1.165, 1.54) is 36.5 Å². The second kappa shape index (κ2) is 8.44. The van der Waals surface area contributed by atoms with Gasteiger partial charge in [0.2, 0.25) is 0 Å². The molecule has 3 heteroatoms. The smallest absolute Gasteiger partial charge is 0.134 e. The van der Waals surface area contributed by atoms with Crippen LogP contribution in [0.5, 0.6) is 0 Å². The third-order valence-corrected chi connectivity index (χ3v) is 4.30. The summed E-state index contributed by atoms with van der Waals surface area (Å²) in [4.78, 5) is 11.5. The Morgan fingerprint density at radius 3 is 2.38 bits per heavy atom. The molecule has 0 unspecified atom stereocenters. The Hall–Kier alpha value is -2.42. The molecule has 3 nitrogen and oxygen atoms in total. The summed E-state index contributed by atoms with van der Waals surface area (Å²) >= 11 is 0. The van der Waals surface area contributed by atoms with E-state index in [-0.39, 0.29) is 0 Å². The third-order valence-electron chi connectivity index (χ3n) is 4.30. The third kappa shape index (κ3) is 4.10. The molecule has 0 amide bonds. The van der Waals surface area contributed by atoms with Gasteiger partial charge in [0.15, 0.2) is 0 Å². The van der Waals surface area contributed by atoms with Gasteiger partial charge in [0.05, 0.1) is 0 Å². The molecule has 1 aromatic carbocycles. The van der Waals surface area contributed by atoms with Crippen LogP contribution in [0.3, 0.4) is 0 Å². The summed E-state index contributed by atoms with van der Waals surface area (Å²) in [6.45, 7) is 3.20. The van der Waals surface area contributed by atoms with Gasteiger partial charge in [-0.05, 0) is 30.0 Å². The van der Waals surface area contributed by atoms with E-state index in [4.69, 9.17) is 0 Å². The minimum Gasteiger partial charge on any atom is -0.311 e. The zero-order chi connectivity index (χ0) is 16.6. The van der Waals surface area contributed by atoms with E-state index in [1.54, 1.807) is 0 Å². The van der Waals surface area contributed by atoms with Gasteiger partial charge in [0.1, 0.15) is 11.6 Å². The lowest BCUT2D eigenvalue weighted by Crippen LogP contribution is -2.20. The maximum absolute atomic E-state index is 4.68. The normalized spacial score (nSPS) is 10.9. The number of fused-ring (bicyclic) bond motifs is 1. The predicted octanol–water partition coefficient (Wildman–Crippen LogP) is 5.74. The Morgan fingerprint density at radius 1 is 0.792 bits per heavy atom. The number of hydrogen-bond acceptors (Lipinski definition) is 3. The largest absolute Gasteiger partial charge is 0.311 e. The van der Waals surface area contributed by atoms with Crippen molar-refractivity contribution in [3.63, 3.8) is 0 Å². The zero-order valence-corrected chi connectivity index (χ0v) is 14.4. The topological polar surface area (TPSA) is 29.0 Å². The Labute approximate surface area is 144 Å². The highest BCUT2D eigenvalue weighted by molar-refractivity contribution is 5.84. The molecule has 0 atom stereocenters. The monoisotopic (exact) mass is 319 g/mol. The molecule has 124 valence electrons. The van der Waals surface area contributed by atoms with Crippen molar-refractivity contribution in [1.29, 1.82) is 0 Å². The first-order chi connectivity index (χ1) is 11.9. The second-order valence-corrected chi connectivity index (χ2v) is 6.14. The van der Waals surface area contributed by atoms with Crippen LogP contribution in [-0.4, -0.2) is 16.5 Å². The van der Waals surface area contributed by atoms with Crippen LogP contribution in [0, 0.1) is 0 Å². The van der Waals surface area contributed by atoms with Crippen LogP contribution < -0.4 is 4.90 Å². The number of pyridine rings is 2. The van der Waals surface area contributed by atoms with E-state index in [9.17, 15) is 0 Å². The van der Waals surface area contributed by atoms with Crippen molar-refractivity contribution in [3.05, 3.63) is 60.9 Å². The van der Waals surface area contributed by atoms with Crippen molar-refractivity contribution < 1.29 is 0 Å². The van der Waals surface area contributed by atoms with E-state index in [0.717, 1.165) is 24.6 Å². The Bertz CT molecular complexity index is 755. The number of hydrogen-bond donors (Lipinski definition) is 0. The highest BCUT2D eigenvalue weighted by Gasteiger charge is 2.12. The second-order valence-electron chi connectivity index (χ2n) is 6.14. The highest BCUT2D eigenvalue weighted by atomic mass is 15.2. The average Bonchev–Trinajstić information content (AvgIpc) is 2.65. The number of anilines is 2. The molecule has 0 bridgehead atoms. The summed E-state index contributed by atoms with van der Waals surface area (Å²) in [5.74, 6) is 1.94. The first kappa shape index (κ1) is 16.4. The molecule has 2 heterocycles. The van der Waals surface area contributed by atoms with E-state index in [2.05, 4.69) is 52.1 Å². The summed E-state index contributed by atoms with van der Waals surface area (Å²) < 4.78 is 0. The Morgan fingerprint density at radius 2 is 1.58 bits per heavy atom. The summed E-state index contributed by atoms with van der Waals surface area (Å²) in [5.41, 5.74) is 0. The van der Waals surface area contributed by atoms with Crippen LogP contribution in [-0.2, 0) is 0 Å². The van der Waals surface area contributed by atoms with Crippen LogP contribution in [0.1, 0.15) is 39.0 Å². The summed E-state index contributed by atoms with van der Waals surface area (Å²) in [6.07, 6.45) is 10.1. The lowest BCUT2D eigenvalue weighted by molar-refractivity contribution is 0.632. The number of rotatable bonds is 8. The fourth-order valence-electron chi connectivity index (χ4n) is 2.95. The van der Waals surface area contributed by atoms with E-state index >= 15 is 0 Å². The summed E-state index contributed by atoms with van der Waals surface area (Å²) in [6, 6.07) is 16.6. The van der Waals surface area contributed by atoms with Crippen LogP contribution in [0.15, 0.2) is 60.9 Å². The summed E-state index contributed by atoms with van der Waals surface area (Å²) in [7, 11) is 0. The first-order valence-corrected chi connectivity index (χ1v) is 8.92. The lowest BCUT2D eigenvalue weighted by atomic mass is 10.1. The van der Waals surface area contributed by atoms with Gasteiger partial charge in [-0.1, -0.05) is 62.9 Å². The van der Waals surface area contributed by atoms with Crippen LogP contribution in [0.4, 0.5) is 11.6 Å². The highest BCUT2D eigenvalue weighted by Crippen LogP contribution is 2.25. The molecule has 0 aliphatic rings. The molecule has 0 saturated heterocycles. The fraction of sp³-hybridized carbons (Fsp3) is 0.333. The maximum Gasteiger partial charge on any atom is 0.134 e. The molecule has 0 spiro atoms. The predicted molar refractivity (Wildman–Crippen MR) is 102 cm³/mol. The average molecular weight is 319 g/mol. The Kier molecular flexibility index (Phi) is 5.78. The molecule has 0 radical (unpaired) electrons. The molecule has 3 rings (SSSR count). The molecule has 0 saturated carbocycles. The van der Waals surface area contributed by atoms with Crippen molar-refractivity contribution in [1.82, 2.24) is 9.97 Å². The van der Waals surface area contributed by atoms with Gasteiger partial charge in [-0.3, -0.25) is 0 Å². The van der Waals surface area contributed by atoms with Crippen molar-refractivity contribution in [2.75, 3.05) is 11.4 Å². The molecule has 0 aliphatic carbocycles. The lowest BCUT2D eigenvalue weighted by Gasteiger charge is -2.23. The first-order valence-electron chi connectivity index (χ1n) is 8.92. The quantitative estimate of drug-likeness (QED) is 0.496. The maximum atomic E-state index is 4.68. The molecule has 3 aromatic rings. The standard InChI is InChI=1S/C21H25N3/c1-2-3-4-5-10-15-24(20-13-8-9-14-22-20)21-16-18-11-6-7-12-19(18)17-23-21/h6-9,11-14,16-17H,2-5,10,15H2,1H3.